The highest BCUT2D eigenvalue weighted by Gasteiger charge is 2.15. The Bertz CT molecular complexity index is 796. The molecule has 29 heavy (non-hydrogen) atoms. The van der Waals surface area contributed by atoms with Crippen LogP contribution in [0.15, 0.2) is 42.5 Å². The average molecular weight is 397 g/mol. The molecule has 2 aromatic rings. The van der Waals surface area contributed by atoms with Crippen LogP contribution in [0.3, 0.4) is 0 Å². The van der Waals surface area contributed by atoms with E-state index in [4.69, 9.17) is 9.47 Å². The van der Waals surface area contributed by atoms with Crippen molar-refractivity contribution in [2.75, 3.05) is 27.3 Å². The number of amides is 1. The molecule has 0 unspecified atom stereocenters. The Balaban J connectivity index is 1.46. The molecule has 5 nitrogen and oxygen atoms in total. The SMILES string of the molecule is COc1ccc(CC(=O)NCc2ccc(CN3CCC(C)CC3)cc2)cc1OC. The van der Waals surface area contributed by atoms with Gasteiger partial charge in [-0.15, -0.1) is 0 Å². The van der Waals surface area contributed by atoms with Gasteiger partial charge >= 0.3 is 0 Å². The molecule has 2 aromatic carbocycles. The molecule has 3 rings (SSSR count). The minimum Gasteiger partial charge on any atom is -0.493 e. The molecule has 0 aromatic heterocycles. The van der Waals surface area contributed by atoms with E-state index in [1.165, 1.54) is 31.5 Å². The molecule has 156 valence electrons. The summed E-state index contributed by atoms with van der Waals surface area (Å²) in [6.07, 6.45) is 2.90. The average Bonchev–Trinajstić information content (AvgIpc) is 2.74. The fourth-order valence-corrected chi connectivity index (χ4v) is 3.68. The zero-order chi connectivity index (χ0) is 20.6. The minimum atomic E-state index is -0.0104. The number of piperidine rings is 1. The van der Waals surface area contributed by atoms with Crippen molar-refractivity contribution in [2.45, 2.75) is 39.3 Å². The molecular weight excluding hydrogens is 364 g/mol. The number of nitrogens with one attached hydrogen (secondary N) is 1. The van der Waals surface area contributed by atoms with Crippen LogP contribution >= 0.6 is 0 Å². The first-order valence-corrected chi connectivity index (χ1v) is 10.3. The molecule has 1 N–H and O–H groups in total. The highest BCUT2D eigenvalue weighted by atomic mass is 16.5. The molecule has 1 saturated heterocycles. The highest BCUT2D eigenvalue weighted by Crippen LogP contribution is 2.27. The number of carbonyl (C=O) groups is 1. The molecule has 0 saturated carbocycles. The van der Waals surface area contributed by atoms with Crippen molar-refractivity contribution in [2.24, 2.45) is 5.92 Å². The lowest BCUT2D eigenvalue weighted by Crippen LogP contribution is -2.32. The molecule has 1 aliphatic heterocycles. The summed E-state index contributed by atoms with van der Waals surface area (Å²) in [6, 6.07) is 14.1. The molecule has 0 spiro atoms. The van der Waals surface area contributed by atoms with Crippen LogP contribution in [-0.2, 0) is 24.3 Å². The molecule has 0 aliphatic carbocycles. The van der Waals surface area contributed by atoms with Crippen LogP contribution in [-0.4, -0.2) is 38.1 Å². The number of ether oxygens (including phenoxy) is 2. The van der Waals surface area contributed by atoms with E-state index >= 15 is 0 Å². The zero-order valence-corrected chi connectivity index (χ0v) is 17.7. The molecule has 5 heteroatoms. The van der Waals surface area contributed by atoms with Gasteiger partial charge in [0, 0.05) is 13.1 Å². The summed E-state index contributed by atoms with van der Waals surface area (Å²) >= 11 is 0. The van der Waals surface area contributed by atoms with Crippen molar-refractivity contribution < 1.29 is 14.3 Å². The van der Waals surface area contributed by atoms with Crippen molar-refractivity contribution in [1.82, 2.24) is 10.2 Å². The Kier molecular flexibility index (Phi) is 7.53. The van der Waals surface area contributed by atoms with Crippen molar-refractivity contribution in [1.29, 1.82) is 0 Å². The van der Waals surface area contributed by atoms with Gasteiger partial charge < -0.3 is 14.8 Å². The van der Waals surface area contributed by atoms with Gasteiger partial charge in [-0.1, -0.05) is 37.3 Å². The Morgan fingerprint density at radius 3 is 2.24 bits per heavy atom. The lowest BCUT2D eigenvalue weighted by atomic mass is 9.99. The third-order valence-corrected chi connectivity index (χ3v) is 5.61. The van der Waals surface area contributed by atoms with Crippen LogP contribution in [0.1, 0.15) is 36.5 Å². The maximum Gasteiger partial charge on any atom is 0.224 e. The molecule has 1 amide bonds. The second-order valence-electron chi connectivity index (χ2n) is 7.92. The first-order chi connectivity index (χ1) is 14.1. The summed E-state index contributed by atoms with van der Waals surface area (Å²) < 4.78 is 10.5. The van der Waals surface area contributed by atoms with Crippen LogP contribution in [0.4, 0.5) is 0 Å². The van der Waals surface area contributed by atoms with Crippen LogP contribution < -0.4 is 14.8 Å². The van der Waals surface area contributed by atoms with Gasteiger partial charge in [-0.2, -0.15) is 0 Å². The summed E-state index contributed by atoms with van der Waals surface area (Å²) in [5.41, 5.74) is 3.34. The lowest BCUT2D eigenvalue weighted by Gasteiger charge is -2.30. The number of carbonyl (C=O) groups excluding carboxylic acids is 1. The molecule has 0 bridgehead atoms. The number of benzene rings is 2. The number of hydrogen-bond donors (Lipinski definition) is 1. The first kappa shape index (κ1) is 21.2. The highest BCUT2D eigenvalue weighted by molar-refractivity contribution is 5.78. The standard InChI is InChI=1S/C24H32N2O3/c1-18-10-12-26(13-11-18)17-20-6-4-19(5-7-20)16-25-24(27)15-21-8-9-22(28-2)23(14-21)29-3/h4-9,14,18H,10-13,15-17H2,1-3H3,(H,25,27). The predicted molar refractivity (Wildman–Crippen MR) is 115 cm³/mol. The van der Waals surface area contributed by atoms with E-state index in [-0.39, 0.29) is 5.91 Å². The zero-order valence-electron chi connectivity index (χ0n) is 17.7. The number of hydrogen-bond acceptors (Lipinski definition) is 4. The quantitative estimate of drug-likeness (QED) is 0.738. The van der Waals surface area contributed by atoms with Gasteiger partial charge in [-0.05, 0) is 60.7 Å². The van der Waals surface area contributed by atoms with E-state index in [2.05, 4.69) is 41.4 Å². The van der Waals surface area contributed by atoms with Crippen molar-refractivity contribution in [3.63, 3.8) is 0 Å². The van der Waals surface area contributed by atoms with E-state index in [0.717, 1.165) is 23.6 Å². The van der Waals surface area contributed by atoms with Crippen LogP contribution in [0.25, 0.3) is 0 Å². The van der Waals surface area contributed by atoms with Gasteiger partial charge in [0.1, 0.15) is 0 Å². The van der Waals surface area contributed by atoms with Crippen molar-refractivity contribution in [3.8, 4) is 11.5 Å². The van der Waals surface area contributed by atoms with Crippen LogP contribution in [0.2, 0.25) is 0 Å². The maximum absolute atomic E-state index is 12.3. The second kappa shape index (κ2) is 10.3. The van der Waals surface area contributed by atoms with Gasteiger partial charge in [-0.3, -0.25) is 9.69 Å². The van der Waals surface area contributed by atoms with Gasteiger partial charge in [0.05, 0.1) is 20.6 Å². The summed E-state index contributed by atoms with van der Waals surface area (Å²) in [5, 5.41) is 3.00. The summed E-state index contributed by atoms with van der Waals surface area (Å²) in [4.78, 5) is 14.8. The maximum atomic E-state index is 12.3. The minimum absolute atomic E-state index is 0.0104. The number of likely N-dealkylation sites (tertiary alicyclic amines) is 1. The third-order valence-electron chi connectivity index (χ3n) is 5.61. The second-order valence-corrected chi connectivity index (χ2v) is 7.92. The van der Waals surface area contributed by atoms with E-state index in [9.17, 15) is 4.79 Å². The molecular formula is C24H32N2O3. The fourth-order valence-electron chi connectivity index (χ4n) is 3.68. The number of methoxy groups -OCH3 is 2. The normalized spacial score (nSPS) is 15.1. The molecule has 1 heterocycles. The molecule has 0 radical (unpaired) electrons. The summed E-state index contributed by atoms with van der Waals surface area (Å²) in [7, 11) is 3.19. The molecule has 1 fully saturated rings. The van der Waals surface area contributed by atoms with Gasteiger partial charge in [0.15, 0.2) is 11.5 Å². The topological polar surface area (TPSA) is 50.8 Å². The number of rotatable bonds is 8. The van der Waals surface area contributed by atoms with Gasteiger partial charge in [0.25, 0.3) is 0 Å². The van der Waals surface area contributed by atoms with Crippen LogP contribution in [0.5, 0.6) is 11.5 Å². The van der Waals surface area contributed by atoms with Gasteiger partial charge in [-0.25, -0.2) is 0 Å². The Hall–Kier alpha value is -2.53. The monoisotopic (exact) mass is 396 g/mol. The smallest absolute Gasteiger partial charge is 0.224 e. The largest absolute Gasteiger partial charge is 0.493 e. The molecule has 1 aliphatic rings. The molecule has 0 atom stereocenters. The van der Waals surface area contributed by atoms with E-state index in [1.807, 2.05) is 18.2 Å². The summed E-state index contributed by atoms with van der Waals surface area (Å²) in [5.74, 6) is 2.15. The first-order valence-electron chi connectivity index (χ1n) is 10.3. The van der Waals surface area contributed by atoms with Crippen LogP contribution in [0, 0.1) is 5.92 Å². The Labute approximate surface area is 174 Å². The predicted octanol–water partition coefficient (Wildman–Crippen LogP) is 3.79. The van der Waals surface area contributed by atoms with Gasteiger partial charge in [0.2, 0.25) is 5.91 Å². The van der Waals surface area contributed by atoms with E-state index < -0.39 is 0 Å². The number of nitrogens with zero attached hydrogens (tertiary/aromatic N) is 1. The lowest BCUT2D eigenvalue weighted by molar-refractivity contribution is -0.120. The van der Waals surface area contributed by atoms with E-state index in [0.29, 0.717) is 24.5 Å². The third kappa shape index (κ3) is 6.23. The Morgan fingerprint density at radius 2 is 1.59 bits per heavy atom. The van der Waals surface area contributed by atoms with E-state index in [1.54, 1.807) is 14.2 Å². The fraction of sp³-hybridized carbons (Fsp3) is 0.458. The Morgan fingerprint density at radius 1 is 0.966 bits per heavy atom. The van der Waals surface area contributed by atoms with Crippen molar-refractivity contribution in [3.05, 3.63) is 59.2 Å². The van der Waals surface area contributed by atoms with Crippen molar-refractivity contribution >= 4 is 5.91 Å². The summed E-state index contributed by atoms with van der Waals surface area (Å²) in [6.45, 7) is 6.27.